The molecule has 0 unspecified atom stereocenters. The fourth-order valence-electron chi connectivity index (χ4n) is 5.96. The number of fused-ring (bicyclic) bond motifs is 2. The molecule has 0 spiro atoms. The van der Waals surface area contributed by atoms with Gasteiger partial charge in [-0.05, 0) is 97.6 Å². The van der Waals surface area contributed by atoms with E-state index in [1.807, 2.05) is 49.0 Å². The van der Waals surface area contributed by atoms with Gasteiger partial charge in [-0.2, -0.15) is 14.5 Å². The van der Waals surface area contributed by atoms with Gasteiger partial charge in [0.2, 0.25) is 0 Å². The van der Waals surface area contributed by atoms with Gasteiger partial charge in [-0.15, -0.1) is 0 Å². The first kappa shape index (κ1) is 28.4. The summed E-state index contributed by atoms with van der Waals surface area (Å²) in [5, 5.41) is 12.1. The summed E-state index contributed by atoms with van der Waals surface area (Å²) in [4.78, 5) is 17.7. The van der Waals surface area contributed by atoms with Crippen LogP contribution in [0.4, 0.5) is 4.39 Å². The lowest BCUT2D eigenvalue weighted by Gasteiger charge is -2.22. The van der Waals surface area contributed by atoms with E-state index in [2.05, 4.69) is 48.0 Å². The van der Waals surface area contributed by atoms with Gasteiger partial charge < -0.3 is 10.3 Å². The Hall–Kier alpha value is -4.38. The number of nitrogens with zero attached hydrogens (tertiary/aromatic N) is 4. The van der Waals surface area contributed by atoms with E-state index in [1.54, 1.807) is 12.3 Å². The summed E-state index contributed by atoms with van der Waals surface area (Å²) in [7, 11) is -1.43. The Morgan fingerprint density at radius 2 is 1.82 bits per heavy atom. The number of hydrogen-bond donors (Lipinski definition) is 4. The zero-order chi connectivity index (χ0) is 30.3. The predicted octanol–water partition coefficient (Wildman–Crippen LogP) is 6.21. The first-order valence-corrected chi connectivity index (χ1v) is 17.1. The fraction of sp³-hybridized carbons (Fsp3) is 0.235. The van der Waals surface area contributed by atoms with E-state index in [4.69, 9.17) is 9.97 Å². The maximum atomic E-state index is 14.7. The Morgan fingerprint density at radius 1 is 0.977 bits per heavy atom. The molecule has 4 aromatic heterocycles. The van der Waals surface area contributed by atoms with Gasteiger partial charge in [-0.25, -0.2) is 9.37 Å². The number of hydrogen-bond acceptors (Lipinski definition) is 6. The summed E-state index contributed by atoms with van der Waals surface area (Å²) in [6, 6.07) is 15.2. The molecular formula is C34H35FN8S. The summed E-state index contributed by atoms with van der Waals surface area (Å²) in [5.74, 6) is 9.13. The Labute approximate surface area is 256 Å². The van der Waals surface area contributed by atoms with E-state index in [1.165, 1.54) is 24.5 Å². The van der Waals surface area contributed by atoms with E-state index in [9.17, 15) is 4.39 Å². The van der Waals surface area contributed by atoms with Crippen LogP contribution in [0, 0.1) is 11.7 Å². The topological polar surface area (TPSA) is 107 Å². The summed E-state index contributed by atoms with van der Waals surface area (Å²) in [6.07, 6.45) is 11.0. The number of aromatic nitrogens is 6. The van der Waals surface area contributed by atoms with E-state index >= 15 is 0 Å². The highest BCUT2D eigenvalue weighted by molar-refractivity contribution is 8.25. The molecule has 0 saturated carbocycles. The largest absolute Gasteiger partial charge is 0.337 e. The molecule has 5 heterocycles. The van der Waals surface area contributed by atoms with Crippen LogP contribution in [0.1, 0.15) is 24.0 Å². The van der Waals surface area contributed by atoms with Crippen molar-refractivity contribution >= 4 is 43.1 Å². The number of rotatable bonds is 8. The molecule has 6 aromatic rings. The minimum absolute atomic E-state index is 0.301. The average molecular weight is 607 g/mol. The van der Waals surface area contributed by atoms with E-state index in [0.29, 0.717) is 24.0 Å². The molecule has 44 heavy (non-hydrogen) atoms. The van der Waals surface area contributed by atoms with Gasteiger partial charge in [-0.1, -0.05) is 23.9 Å². The van der Waals surface area contributed by atoms with Gasteiger partial charge in [-0.3, -0.25) is 19.8 Å². The first-order valence-electron chi connectivity index (χ1n) is 14.8. The molecule has 0 atom stereocenters. The molecule has 1 fully saturated rings. The lowest BCUT2D eigenvalue weighted by Crippen LogP contribution is -2.28. The van der Waals surface area contributed by atoms with Crippen molar-refractivity contribution in [3.05, 3.63) is 84.1 Å². The van der Waals surface area contributed by atoms with Crippen molar-refractivity contribution in [1.82, 2.24) is 40.2 Å². The SMILES string of the molecule is C=S(=C)(C)NCc1cc(F)cc(-c2cccc3[nH]c(-c4n[nH]c5cnc(-c6cncc(CC7CCNCC7)c6)cc45)nc23)c1. The molecule has 1 aliphatic heterocycles. The zero-order valence-corrected chi connectivity index (χ0v) is 25.5. The van der Waals surface area contributed by atoms with Gasteiger partial charge in [0.15, 0.2) is 5.82 Å². The van der Waals surface area contributed by atoms with Gasteiger partial charge in [0.25, 0.3) is 0 Å². The predicted molar refractivity (Wildman–Crippen MR) is 181 cm³/mol. The van der Waals surface area contributed by atoms with Gasteiger partial charge >= 0.3 is 0 Å². The van der Waals surface area contributed by atoms with Crippen LogP contribution in [0.5, 0.6) is 0 Å². The summed E-state index contributed by atoms with van der Waals surface area (Å²) in [5.41, 5.74) is 8.57. The van der Waals surface area contributed by atoms with Gasteiger partial charge in [0.05, 0.1) is 28.4 Å². The molecule has 4 N–H and O–H groups in total. The molecule has 2 aromatic carbocycles. The highest BCUT2D eigenvalue weighted by Gasteiger charge is 2.18. The normalized spacial score (nSPS) is 14.5. The fourth-order valence-corrected chi connectivity index (χ4v) is 6.47. The minimum Gasteiger partial charge on any atom is -0.337 e. The Morgan fingerprint density at radius 3 is 2.66 bits per heavy atom. The minimum atomic E-state index is -1.43. The number of piperidine rings is 1. The van der Waals surface area contributed by atoms with Crippen molar-refractivity contribution in [3.8, 4) is 33.9 Å². The molecule has 0 radical (unpaired) electrons. The molecule has 1 aliphatic rings. The van der Waals surface area contributed by atoms with E-state index in [0.717, 1.165) is 69.4 Å². The van der Waals surface area contributed by atoms with Crippen LogP contribution in [0.3, 0.4) is 0 Å². The molecule has 0 amide bonds. The maximum absolute atomic E-state index is 14.7. The molecule has 224 valence electrons. The highest BCUT2D eigenvalue weighted by atomic mass is 32.2. The Kier molecular flexibility index (Phi) is 7.49. The number of benzene rings is 2. The third-order valence-electron chi connectivity index (χ3n) is 8.15. The molecule has 8 nitrogen and oxygen atoms in total. The number of imidazole rings is 1. The third-order valence-corrected chi connectivity index (χ3v) is 8.99. The van der Waals surface area contributed by atoms with Crippen LogP contribution >= 0.6 is 9.39 Å². The van der Waals surface area contributed by atoms with Crippen molar-refractivity contribution in [2.24, 2.45) is 5.92 Å². The third kappa shape index (κ3) is 6.01. The second kappa shape index (κ2) is 11.6. The van der Waals surface area contributed by atoms with Crippen LogP contribution < -0.4 is 10.0 Å². The smallest absolute Gasteiger partial charge is 0.159 e. The molecular weight excluding hydrogens is 571 g/mol. The molecule has 10 heteroatoms. The lowest BCUT2D eigenvalue weighted by atomic mass is 9.91. The van der Waals surface area contributed by atoms with Crippen LogP contribution in [0.15, 0.2) is 67.1 Å². The van der Waals surface area contributed by atoms with E-state index < -0.39 is 9.39 Å². The zero-order valence-electron chi connectivity index (χ0n) is 24.7. The number of halogens is 1. The number of pyridine rings is 2. The van der Waals surface area contributed by atoms with Crippen molar-refractivity contribution in [2.75, 3.05) is 19.3 Å². The second-order valence-electron chi connectivity index (χ2n) is 11.9. The van der Waals surface area contributed by atoms with Crippen molar-refractivity contribution in [3.63, 3.8) is 0 Å². The van der Waals surface area contributed by atoms with Crippen LogP contribution in [-0.2, 0) is 13.0 Å². The number of H-pyrrole nitrogens is 2. The average Bonchev–Trinajstić information content (AvgIpc) is 3.64. The summed E-state index contributed by atoms with van der Waals surface area (Å²) in [6.45, 7) is 2.65. The Bertz CT molecular complexity index is 2090. The first-order chi connectivity index (χ1) is 21.3. The quantitative estimate of drug-likeness (QED) is 0.153. The maximum Gasteiger partial charge on any atom is 0.159 e. The number of para-hydroxylation sites is 1. The molecule has 1 saturated heterocycles. The molecule has 7 rings (SSSR count). The van der Waals surface area contributed by atoms with Gasteiger partial charge in [0, 0.05) is 35.5 Å². The van der Waals surface area contributed by atoms with Crippen LogP contribution in [0.25, 0.3) is 55.8 Å². The summed E-state index contributed by atoms with van der Waals surface area (Å²) >= 11 is 0. The molecule has 0 bridgehead atoms. The van der Waals surface area contributed by atoms with Crippen LogP contribution in [-0.4, -0.2) is 61.2 Å². The van der Waals surface area contributed by atoms with Crippen molar-refractivity contribution in [2.45, 2.75) is 25.8 Å². The molecule has 0 aliphatic carbocycles. The second-order valence-corrected chi connectivity index (χ2v) is 14.7. The van der Waals surface area contributed by atoms with E-state index in [-0.39, 0.29) is 5.82 Å². The lowest BCUT2D eigenvalue weighted by molar-refractivity contribution is 0.372. The highest BCUT2D eigenvalue weighted by Crippen LogP contribution is 2.33. The summed E-state index contributed by atoms with van der Waals surface area (Å²) < 4.78 is 18.1. The Balaban J connectivity index is 1.23. The number of nitrogens with one attached hydrogen (secondary N) is 4. The van der Waals surface area contributed by atoms with Crippen molar-refractivity contribution < 1.29 is 4.39 Å². The number of aromatic amines is 2. The van der Waals surface area contributed by atoms with Gasteiger partial charge in [0.1, 0.15) is 11.5 Å². The standard InChI is InChI=1S/C34H35FN8S/c1-44(2,3)39-18-23-12-24(15-26(35)14-23)27-5-4-6-29-32(27)41-34(40-29)33-28-16-30(38-20-31(28)42-43-33)25-13-22(17-37-19-25)11-21-7-9-36-10-8-21/h4-6,12-17,19-21,36,39H,1-2,7-11,18H2,3H3,(H,40,41)(H,42,43). The van der Waals surface area contributed by atoms with Crippen molar-refractivity contribution in [1.29, 1.82) is 0 Å². The van der Waals surface area contributed by atoms with Crippen LogP contribution in [0.2, 0.25) is 0 Å². The monoisotopic (exact) mass is 606 g/mol.